The Labute approximate surface area is 139 Å². The van der Waals surface area contributed by atoms with Gasteiger partial charge in [-0.25, -0.2) is 4.79 Å². The molecule has 0 aliphatic carbocycles. The van der Waals surface area contributed by atoms with E-state index in [-0.39, 0.29) is 6.09 Å². The van der Waals surface area contributed by atoms with Gasteiger partial charge in [-0.2, -0.15) is 0 Å². The van der Waals surface area contributed by atoms with Gasteiger partial charge in [-0.1, -0.05) is 30.0 Å². The van der Waals surface area contributed by atoms with Crippen LogP contribution in [0.1, 0.15) is 17.8 Å². The molecule has 0 saturated carbocycles. The first-order chi connectivity index (χ1) is 11.2. The summed E-state index contributed by atoms with van der Waals surface area (Å²) in [6.07, 6.45) is 0.702. The second kappa shape index (κ2) is 7.04. The predicted octanol–water partition coefficient (Wildman–Crippen LogP) is 2.82. The number of hydrogen-bond acceptors (Lipinski definition) is 5. The van der Waals surface area contributed by atoms with Crippen LogP contribution in [0.2, 0.25) is 0 Å². The van der Waals surface area contributed by atoms with Crippen LogP contribution in [-0.4, -0.2) is 51.2 Å². The number of nitrogens with zero attached hydrogens (tertiary/aromatic N) is 4. The molecule has 6 nitrogen and oxygen atoms in total. The number of rotatable bonds is 6. The SMILES string of the molecule is Cc1ccccc1-n1c(C)nnc1SCCCN1CCOC1=O. The van der Waals surface area contributed by atoms with Gasteiger partial charge in [0.25, 0.3) is 0 Å². The number of aromatic nitrogens is 3. The van der Waals surface area contributed by atoms with Crippen molar-refractivity contribution < 1.29 is 9.53 Å². The molecule has 1 fully saturated rings. The lowest BCUT2D eigenvalue weighted by atomic mass is 10.2. The number of amides is 1. The van der Waals surface area contributed by atoms with Gasteiger partial charge in [0.1, 0.15) is 12.4 Å². The number of hydrogen-bond donors (Lipinski definition) is 0. The number of aryl methyl sites for hydroxylation is 2. The molecule has 2 aromatic rings. The van der Waals surface area contributed by atoms with Gasteiger partial charge in [0.15, 0.2) is 5.16 Å². The summed E-state index contributed by atoms with van der Waals surface area (Å²) in [6, 6.07) is 8.22. The molecule has 1 aliphatic rings. The molecule has 122 valence electrons. The van der Waals surface area contributed by atoms with Crippen molar-refractivity contribution in [3.8, 4) is 5.69 Å². The second-order valence-corrected chi connectivity index (χ2v) is 6.52. The van der Waals surface area contributed by atoms with Crippen molar-refractivity contribution in [2.75, 3.05) is 25.4 Å². The molecule has 23 heavy (non-hydrogen) atoms. The standard InChI is InChI=1S/C16H20N4O2S/c1-12-6-3-4-7-14(12)20-13(2)17-18-15(20)23-11-5-8-19-9-10-22-16(19)21/h3-4,6-7H,5,8-11H2,1-2H3. The number of cyclic esters (lactones) is 1. The maximum atomic E-state index is 11.4. The molecular weight excluding hydrogens is 312 g/mol. The van der Waals surface area contributed by atoms with Gasteiger partial charge >= 0.3 is 6.09 Å². The number of para-hydroxylation sites is 1. The van der Waals surface area contributed by atoms with Crippen LogP contribution >= 0.6 is 11.8 Å². The second-order valence-electron chi connectivity index (χ2n) is 5.46. The largest absolute Gasteiger partial charge is 0.448 e. The van der Waals surface area contributed by atoms with E-state index in [1.54, 1.807) is 16.7 Å². The van der Waals surface area contributed by atoms with Crippen molar-refractivity contribution in [2.45, 2.75) is 25.4 Å². The maximum Gasteiger partial charge on any atom is 0.409 e. The minimum absolute atomic E-state index is 0.200. The van der Waals surface area contributed by atoms with Gasteiger partial charge in [0, 0.05) is 12.3 Å². The van der Waals surface area contributed by atoms with Crippen LogP contribution in [0, 0.1) is 13.8 Å². The Hall–Kier alpha value is -2.02. The molecule has 1 saturated heterocycles. The molecule has 1 amide bonds. The Morgan fingerprint density at radius 1 is 1.26 bits per heavy atom. The molecule has 0 unspecified atom stereocenters. The van der Waals surface area contributed by atoms with Gasteiger partial charge in [0.05, 0.1) is 12.2 Å². The number of thioether (sulfide) groups is 1. The molecule has 2 heterocycles. The van der Waals surface area contributed by atoms with Gasteiger partial charge in [-0.05, 0) is 31.9 Å². The molecule has 1 aromatic carbocycles. The number of carbonyl (C=O) groups excluding carboxylic acids is 1. The lowest BCUT2D eigenvalue weighted by Crippen LogP contribution is -2.25. The van der Waals surface area contributed by atoms with E-state index in [4.69, 9.17) is 4.74 Å². The Morgan fingerprint density at radius 3 is 2.83 bits per heavy atom. The zero-order valence-electron chi connectivity index (χ0n) is 13.4. The summed E-state index contributed by atoms with van der Waals surface area (Å²) in [6.45, 7) is 5.98. The van der Waals surface area contributed by atoms with Crippen LogP contribution in [0.5, 0.6) is 0 Å². The lowest BCUT2D eigenvalue weighted by molar-refractivity contribution is 0.158. The summed E-state index contributed by atoms with van der Waals surface area (Å²) in [7, 11) is 0. The molecule has 0 N–H and O–H groups in total. The van der Waals surface area contributed by atoms with E-state index in [1.807, 2.05) is 19.1 Å². The summed E-state index contributed by atoms with van der Waals surface area (Å²) >= 11 is 1.67. The normalized spacial score (nSPS) is 14.3. The first-order valence-corrected chi connectivity index (χ1v) is 8.68. The highest BCUT2D eigenvalue weighted by Gasteiger charge is 2.21. The molecule has 7 heteroatoms. The zero-order valence-corrected chi connectivity index (χ0v) is 14.2. The Kier molecular flexibility index (Phi) is 4.85. The Balaban J connectivity index is 1.63. The van der Waals surface area contributed by atoms with Crippen molar-refractivity contribution in [1.29, 1.82) is 0 Å². The van der Waals surface area contributed by atoms with Crippen LogP contribution in [-0.2, 0) is 4.74 Å². The van der Waals surface area contributed by atoms with Crippen LogP contribution in [0.4, 0.5) is 4.79 Å². The van der Waals surface area contributed by atoms with E-state index in [0.717, 1.165) is 35.4 Å². The molecule has 0 spiro atoms. The lowest BCUT2D eigenvalue weighted by Gasteiger charge is -2.13. The third kappa shape index (κ3) is 3.50. The quantitative estimate of drug-likeness (QED) is 0.601. The first-order valence-electron chi connectivity index (χ1n) is 7.69. The molecular formula is C16H20N4O2S. The summed E-state index contributed by atoms with van der Waals surface area (Å²) in [4.78, 5) is 13.1. The van der Waals surface area contributed by atoms with E-state index >= 15 is 0 Å². The van der Waals surface area contributed by atoms with Crippen LogP contribution < -0.4 is 0 Å². The first kappa shape index (κ1) is 15.9. The summed E-state index contributed by atoms with van der Waals surface area (Å²) in [5.41, 5.74) is 2.30. The highest BCUT2D eigenvalue weighted by Crippen LogP contribution is 2.24. The molecule has 1 aliphatic heterocycles. The van der Waals surface area contributed by atoms with E-state index in [1.165, 1.54) is 5.56 Å². The topological polar surface area (TPSA) is 60.3 Å². The monoisotopic (exact) mass is 332 g/mol. The smallest absolute Gasteiger partial charge is 0.409 e. The van der Waals surface area contributed by atoms with Crippen LogP contribution in [0.3, 0.4) is 0 Å². The summed E-state index contributed by atoms with van der Waals surface area (Å²) in [5, 5.41) is 9.39. The Bertz CT molecular complexity index is 701. The number of ether oxygens (including phenoxy) is 1. The highest BCUT2D eigenvalue weighted by atomic mass is 32.2. The van der Waals surface area contributed by atoms with Gasteiger partial charge < -0.3 is 9.64 Å². The number of carbonyl (C=O) groups is 1. The average Bonchev–Trinajstić information content (AvgIpc) is 3.11. The summed E-state index contributed by atoms with van der Waals surface area (Å²) in [5.74, 6) is 1.76. The summed E-state index contributed by atoms with van der Waals surface area (Å²) < 4.78 is 7.02. The predicted molar refractivity (Wildman–Crippen MR) is 89.1 cm³/mol. The van der Waals surface area contributed by atoms with Crippen LogP contribution in [0.15, 0.2) is 29.4 Å². The maximum absolute atomic E-state index is 11.4. The molecule has 3 rings (SSSR count). The van der Waals surface area contributed by atoms with Crippen LogP contribution in [0.25, 0.3) is 5.69 Å². The van der Waals surface area contributed by atoms with E-state index < -0.39 is 0 Å². The average molecular weight is 332 g/mol. The number of benzene rings is 1. The van der Waals surface area contributed by atoms with Crippen molar-refractivity contribution in [3.05, 3.63) is 35.7 Å². The van der Waals surface area contributed by atoms with Gasteiger partial charge in [-0.15, -0.1) is 10.2 Å². The van der Waals surface area contributed by atoms with E-state index in [0.29, 0.717) is 13.2 Å². The van der Waals surface area contributed by atoms with Crippen molar-refractivity contribution in [1.82, 2.24) is 19.7 Å². The molecule has 0 bridgehead atoms. The fourth-order valence-electron chi connectivity index (χ4n) is 2.58. The fraction of sp³-hybridized carbons (Fsp3) is 0.438. The van der Waals surface area contributed by atoms with Crippen molar-refractivity contribution >= 4 is 17.9 Å². The van der Waals surface area contributed by atoms with E-state index in [2.05, 4.69) is 33.8 Å². The van der Waals surface area contributed by atoms with Gasteiger partial charge in [0.2, 0.25) is 0 Å². The van der Waals surface area contributed by atoms with E-state index in [9.17, 15) is 4.79 Å². The van der Waals surface area contributed by atoms with Gasteiger partial charge in [-0.3, -0.25) is 4.57 Å². The fourth-order valence-corrected chi connectivity index (χ4v) is 3.49. The minimum Gasteiger partial charge on any atom is -0.448 e. The Morgan fingerprint density at radius 2 is 2.09 bits per heavy atom. The third-order valence-corrected chi connectivity index (χ3v) is 4.82. The third-order valence-electron chi connectivity index (χ3n) is 3.80. The molecule has 1 aromatic heterocycles. The molecule has 0 radical (unpaired) electrons. The highest BCUT2D eigenvalue weighted by molar-refractivity contribution is 7.99. The van der Waals surface area contributed by atoms with Crippen molar-refractivity contribution in [3.63, 3.8) is 0 Å². The molecule has 0 atom stereocenters. The van der Waals surface area contributed by atoms with Crippen molar-refractivity contribution in [2.24, 2.45) is 0 Å². The minimum atomic E-state index is -0.200. The zero-order chi connectivity index (χ0) is 16.2.